The average molecular weight is 434 g/mol. The van der Waals surface area contributed by atoms with Crippen LogP contribution in [0.4, 0.5) is 20.2 Å². The van der Waals surface area contributed by atoms with E-state index in [0.29, 0.717) is 12.1 Å². The third kappa shape index (κ3) is 4.23. The number of amides is 1. The van der Waals surface area contributed by atoms with Crippen molar-refractivity contribution >= 4 is 17.3 Å². The Morgan fingerprint density at radius 2 is 1.59 bits per heavy atom. The number of halogens is 2. The highest BCUT2D eigenvalue weighted by Crippen LogP contribution is 2.36. The van der Waals surface area contributed by atoms with Crippen LogP contribution in [0.15, 0.2) is 72.8 Å². The zero-order valence-corrected chi connectivity index (χ0v) is 17.7. The molecule has 1 N–H and O–H groups in total. The van der Waals surface area contributed by atoms with E-state index in [-0.39, 0.29) is 29.5 Å². The summed E-state index contributed by atoms with van der Waals surface area (Å²) in [6, 6.07) is 20.8. The van der Waals surface area contributed by atoms with Crippen molar-refractivity contribution in [1.82, 2.24) is 4.90 Å². The molecule has 0 unspecified atom stereocenters. The Morgan fingerprint density at radius 3 is 2.34 bits per heavy atom. The molecule has 2 heterocycles. The second kappa shape index (κ2) is 8.71. The molecule has 0 aromatic heterocycles. The standard InChI is InChI=1S/C26H25F2N3O/c27-20-7-5-18(6-8-20)16-30-13-14-31-24-4-2-1-3-19(24)15-23(25(31)17-30)26(32)29-22-11-9-21(28)10-12-22/h1-12,23,25H,13-17H2,(H,29,32)/t23-,25-/m1/s1. The lowest BCUT2D eigenvalue weighted by molar-refractivity contribution is -0.121. The van der Waals surface area contributed by atoms with Crippen molar-refractivity contribution in [1.29, 1.82) is 0 Å². The predicted octanol–water partition coefficient (Wildman–Crippen LogP) is 4.47. The lowest BCUT2D eigenvalue weighted by Gasteiger charge is -2.49. The minimum absolute atomic E-state index is 0.0274. The monoisotopic (exact) mass is 433 g/mol. The maximum absolute atomic E-state index is 13.3. The number of carbonyl (C=O) groups excluding carboxylic acids is 1. The molecule has 1 amide bonds. The van der Waals surface area contributed by atoms with Crippen LogP contribution in [-0.4, -0.2) is 36.5 Å². The van der Waals surface area contributed by atoms with Gasteiger partial charge < -0.3 is 10.2 Å². The van der Waals surface area contributed by atoms with Crippen molar-refractivity contribution < 1.29 is 13.6 Å². The number of carbonyl (C=O) groups is 1. The lowest BCUT2D eigenvalue weighted by atomic mass is 9.83. The summed E-state index contributed by atoms with van der Waals surface area (Å²) in [5.74, 6) is -0.847. The highest BCUT2D eigenvalue weighted by molar-refractivity contribution is 5.94. The number of para-hydroxylation sites is 1. The van der Waals surface area contributed by atoms with E-state index in [2.05, 4.69) is 27.2 Å². The van der Waals surface area contributed by atoms with Gasteiger partial charge in [0.05, 0.1) is 12.0 Å². The second-order valence-electron chi connectivity index (χ2n) is 8.56. The molecule has 32 heavy (non-hydrogen) atoms. The van der Waals surface area contributed by atoms with Crippen molar-refractivity contribution in [2.75, 3.05) is 29.9 Å². The molecule has 3 aromatic rings. The van der Waals surface area contributed by atoms with E-state index in [1.165, 1.54) is 35.5 Å². The van der Waals surface area contributed by atoms with Gasteiger partial charge in [0.25, 0.3) is 0 Å². The molecular weight excluding hydrogens is 408 g/mol. The van der Waals surface area contributed by atoms with Gasteiger partial charge in [-0.25, -0.2) is 8.78 Å². The maximum Gasteiger partial charge on any atom is 0.229 e. The number of hydrogen-bond acceptors (Lipinski definition) is 3. The zero-order valence-electron chi connectivity index (χ0n) is 17.7. The lowest BCUT2D eigenvalue weighted by Crippen LogP contribution is -2.60. The second-order valence-corrected chi connectivity index (χ2v) is 8.56. The largest absolute Gasteiger partial charge is 0.365 e. The topological polar surface area (TPSA) is 35.6 Å². The molecule has 6 heteroatoms. The van der Waals surface area contributed by atoms with Crippen LogP contribution in [0, 0.1) is 17.6 Å². The molecule has 2 aliphatic rings. The van der Waals surface area contributed by atoms with E-state index in [1.54, 1.807) is 12.1 Å². The normalized spacial score (nSPS) is 20.4. The number of nitrogens with zero attached hydrogens (tertiary/aromatic N) is 2. The van der Waals surface area contributed by atoms with Crippen molar-refractivity contribution in [2.24, 2.45) is 5.92 Å². The van der Waals surface area contributed by atoms with E-state index in [9.17, 15) is 13.6 Å². The first kappa shape index (κ1) is 20.6. The number of nitrogens with one attached hydrogen (secondary N) is 1. The Kier molecular flexibility index (Phi) is 5.62. The quantitative estimate of drug-likeness (QED) is 0.660. The van der Waals surface area contributed by atoms with Crippen LogP contribution in [0.2, 0.25) is 0 Å². The molecule has 2 atom stereocenters. The van der Waals surface area contributed by atoms with Crippen LogP contribution in [0.3, 0.4) is 0 Å². The Bertz CT molecular complexity index is 1100. The minimum atomic E-state index is -0.329. The van der Waals surface area contributed by atoms with E-state index in [4.69, 9.17) is 0 Å². The maximum atomic E-state index is 13.3. The van der Waals surface area contributed by atoms with Crippen LogP contribution in [0.5, 0.6) is 0 Å². The van der Waals surface area contributed by atoms with Gasteiger partial charge in [0.2, 0.25) is 5.91 Å². The number of piperazine rings is 1. The van der Waals surface area contributed by atoms with Gasteiger partial charge in [-0.2, -0.15) is 0 Å². The number of rotatable bonds is 4. The first-order valence-electron chi connectivity index (χ1n) is 10.9. The Labute approximate surface area is 186 Å². The molecule has 164 valence electrons. The summed E-state index contributed by atoms with van der Waals surface area (Å²) >= 11 is 0. The number of anilines is 2. The SMILES string of the molecule is O=C(Nc1ccc(F)cc1)[C@@H]1Cc2ccccc2N2CCN(Cc3ccc(F)cc3)C[C@H]12. The Balaban J connectivity index is 1.38. The Hall–Kier alpha value is -3.25. The fourth-order valence-electron chi connectivity index (χ4n) is 4.88. The molecule has 3 aromatic carbocycles. The van der Waals surface area contributed by atoms with Crippen molar-refractivity contribution in [2.45, 2.75) is 19.0 Å². The summed E-state index contributed by atoms with van der Waals surface area (Å²) in [6.07, 6.45) is 0.661. The summed E-state index contributed by atoms with van der Waals surface area (Å²) in [7, 11) is 0. The number of fused-ring (bicyclic) bond motifs is 3. The van der Waals surface area contributed by atoms with Gasteiger partial charge in [-0.3, -0.25) is 9.69 Å². The summed E-state index contributed by atoms with van der Waals surface area (Å²) < 4.78 is 26.5. The first-order chi connectivity index (χ1) is 15.6. The van der Waals surface area contributed by atoms with Crippen LogP contribution in [-0.2, 0) is 17.8 Å². The molecular formula is C26H25F2N3O. The van der Waals surface area contributed by atoms with Gasteiger partial charge in [-0.05, 0) is 60.0 Å². The molecule has 4 nitrogen and oxygen atoms in total. The van der Waals surface area contributed by atoms with E-state index >= 15 is 0 Å². The van der Waals surface area contributed by atoms with E-state index < -0.39 is 0 Å². The molecule has 2 aliphatic heterocycles. The summed E-state index contributed by atoms with van der Waals surface area (Å²) in [4.78, 5) is 18.0. The molecule has 0 radical (unpaired) electrons. The predicted molar refractivity (Wildman–Crippen MR) is 121 cm³/mol. The fourth-order valence-corrected chi connectivity index (χ4v) is 4.88. The Morgan fingerprint density at radius 1 is 0.906 bits per heavy atom. The number of hydrogen-bond donors (Lipinski definition) is 1. The van der Waals surface area contributed by atoms with Crippen LogP contribution in [0.1, 0.15) is 11.1 Å². The molecule has 0 aliphatic carbocycles. The minimum Gasteiger partial charge on any atom is -0.365 e. The highest BCUT2D eigenvalue weighted by atomic mass is 19.1. The van der Waals surface area contributed by atoms with Gasteiger partial charge in [0, 0.05) is 37.6 Å². The van der Waals surface area contributed by atoms with Crippen molar-refractivity contribution in [3.05, 3.63) is 95.6 Å². The molecule has 1 saturated heterocycles. The molecule has 0 bridgehead atoms. The van der Waals surface area contributed by atoms with Crippen LogP contribution < -0.4 is 10.2 Å². The smallest absolute Gasteiger partial charge is 0.229 e. The molecule has 5 rings (SSSR count). The average Bonchev–Trinajstić information content (AvgIpc) is 2.81. The first-order valence-corrected chi connectivity index (χ1v) is 10.9. The fraction of sp³-hybridized carbons (Fsp3) is 0.269. The highest BCUT2D eigenvalue weighted by Gasteiger charge is 2.41. The zero-order chi connectivity index (χ0) is 22.1. The summed E-state index contributed by atoms with van der Waals surface area (Å²) in [5, 5.41) is 2.98. The summed E-state index contributed by atoms with van der Waals surface area (Å²) in [6.45, 7) is 3.16. The van der Waals surface area contributed by atoms with Crippen molar-refractivity contribution in [3.63, 3.8) is 0 Å². The van der Waals surface area contributed by atoms with Crippen molar-refractivity contribution in [3.8, 4) is 0 Å². The van der Waals surface area contributed by atoms with Gasteiger partial charge >= 0.3 is 0 Å². The summed E-state index contributed by atoms with van der Waals surface area (Å²) in [5.41, 5.74) is 4.03. The van der Waals surface area contributed by atoms with Crippen LogP contribution in [0.25, 0.3) is 0 Å². The third-order valence-electron chi connectivity index (χ3n) is 6.48. The molecule has 0 spiro atoms. The molecule has 0 saturated carbocycles. The van der Waals surface area contributed by atoms with Gasteiger partial charge in [0.15, 0.2) is 0 Å². The van der Waals surface area contributed by atoms with Crippen LogP contribution >= 0.6 is 0 Å². The van der Waals surface area contributed by atoms with E-state index in [0.717, 1.165) is 31.7 Å². The van der Waals surface area contributed by atoms with Gasteiger partial charge in [-0.1, -0.05) is 30.3 Å². The van der Waals surface area contributed by atoms with Gasteiger partial charge in [-0.15, -0.1) is 0 Å². The molecule has 1 fully saturated rings. The van der Waals surface area contributed by atoms with Gasteiger partial charge in [0.1, 0.15) is 11.6 Å². The third-order valence-corrected chi connectivity index (χ3v) is 6.48. The number of benzene rings is 3. The van der Waals surface area contributed by atoms with E-state index in [1.807, 2.05) is 24.3 Å².